The van der Waals surface area contributed by atoms with E-state index in [1.807, 2.05) is 0 Å². The predicted octanol–water partition coefficient (Wildman–Crippen LogP) is 2.64. The first-order valence-electron chi connectivity index (χ1n) is 5.95. The van der Waals surface area contributed by atoms with Gasteiger partial charge in [-0.1, -0.05) is 13.8 Å². The van der Waals surface area contributed by atoms with Crippen molar-refractivity contribution < 1.29 is 35.2 Å². The third-order valence-corrected chi connectivity index (χ3v) is 4.00. The summed E-state index contributed by atoms with van der Waals surface area (Å²) in [5.74, 6) is -4.83. The molecular weight excluding hydrogens is 333 g/mol. The van der Waals surface area contributed by atoms with Gasteiger partial charge in [0, 0.05) is 5.92 Å². The average molecular weight is 345 g/mol. The largest absolute Gasteiger partial charge is 0.402 e. The Morgan fingerprint density at radius 1 is 1.23 bits per heavy atom. The Kier molecular flexibility index (Phi) is 5.29. The molecule has 0 aliphatic heterocycles. The van der Waals surface area contributed by atoms with Crippen molar-refractivity contribution in [1.82, 2.24) is 4.72 Å². The average Bonchev–Trinajstić information content (AvgIpc) is 2.35. The maximum atomic E-state index is 14.1. The van der Waals surface area contributed by atoms with Crippen molar-refractivity contribution in [3.05, 3.63) is 29.3 Å². The summed E-state index contributed by atoms with van der Waals surface area (Å²) in [6.45, 7) is 0.758. The molecule has 0 spiro atoms. The lowest BCUT2D eigenvalue weighted by molar-refractivity contribution is -0.121. The molecule has 22 heavy (non-hydrogen) atoms. The molecule has 0 aliphatic rings. The van der Waals surface area contributed by atoms with E-state index in [0.29, 0.717) is 12.1 Å². The second-order valence-electron chi connectivity index (χ2n) is 4.69. The lowest BCUT2D eigenvalue weighted by Crippen LogP contribution is -2.34. The summed E-state index contributed by atoms with van der Waals surface area (Å²) in [6, 6.07) is 0.974. The number of nitrogens with one attached hydrogen (secondary N) is 1. The van der Waals surface area contributed by atoms with Gasteiger partial charge in [-0.15, -0.1) is 0 Å². The minimum absolute atomic E-state index is 0.459. The Labute approximate surface area is 123 Å². The number of sulfonamides is 1. The van der Waals surface area contributed by atoms with Gasteiger partial charge in [0.1, 0.15) is 17.3 Å². The van der Waals surface area contributed by atoms with E-state index in [1.165, 1.54) is 13.8 Å². The minimum Gasteiger partial charge on any atom is -0.294 e. The number of hydrogen-bond acceptors (Lipinski definition) is 3. The molecular formula is C12H12F5NO3S. The quantitative estimate of drug-likeness (QED) is 0.659. The van der Waals surface area contributed by atoms with Crippen LogP contribution < -0.4 is 4.72 Å². The van der Waals surface area contributed by atoms with Crippen LogP contribution in [0.2, 0.25) is 0 Å². The number of halogens is 5. The van der Waals surface area contributed by atoms with E-state index in [1.54, 1.807) is 0 Å². The van der Waals surface area contributed by atoms with E-state index in [9.17, 15) is 35.2 Å². The third kappa shape index (κ3) is 4.23. The highest BCUT2D eigenvalue weighted by molar-refractivity contribution is 7.89. The highest BCUT2D eigenvalue weighted by atomic mass is 32.2. The van der Waals surface area contributed by atoms with Crippen LogP contribution in [0, 0.1) is 17.6 Å². The monoisotopic (exact) mass is 345 g/mol. The lowest BCUT2D eigenvalue weighted by Gasteiger charge is -2.13. The molecule has 0 fully saturated rings. The topological polar surface area (TPSA) is 63.2 Å². The number of hydrogen-bond donors (Lipinski definition) is 1. The van der Waals surface area contributed by atoms with E-state index in [-0.39, 0.29) is 0 Å². The van der Waals surface area contributed by atoms with Crippen LogP contribution in [-0.2, 0) is 10.0 Å². The predicted molar refractivity (Wildman–Crippen MR) is 66.8 cm³/mol. The number of carbonyl (C=O) groups excluding carboxylic acids is 1. The van der Waals surface area contributed by atoms with E-state index < -0.39 is 56.5 Å². The summed E-state index contributed by atoms with van der Waals surface area (Å²) in [5.41, 5.74) is -1.09. The molecule has 0 heterocycles. The summed E-state index contributed by atoms with van der Waals surface area (Å²) in [6.07, 6.45) is -4.85. The van der Waals surface area contributed by atoms with Crippen molar-refractivity contribution in [3.8, 4) is 0 Å². The number of carbonyl (C=O) groups is 1. The van der Waals surface area contributed by atoms with Gasteiger partial charge >= 0.3 is 6.18 Å². The van der Waals surface area contributed by atoms with Gasteiger partial charge < -0.3 is 0 Å². The lowest BCUT2D eigenvalue weighted by atomic mass is 10.0. The molecule has 124 valence electrons. The fourth-order valence-corrected chi connectivity index (χ4v) is 2.60. The van der Waals surface area contributed by atoms with Crippen LogP contribution in [0.15, 0.2) is 17.0 Å². The van der Waals surface area contributed by atoms with E-state index in [2.05, 4.69) is 0 Å². The van der Waals surface area contributed by atoms with Crippen LogP contribution in [0.3, 0.4) is 0 Å². The van der Waals surface area contributed by atoms with E-state index in [4.69, 9.17) is 0 Å². The van der Waals surface area contributed by atoms with Crippen LogP contribution in [0.1, 0.15) is 24.2 Å². The van der Waals surface area contributed by atoms with Crippen LogP contribution in [0.25, 0.3) is 0 Å². The molecule has 10 heteroatoms. The Balaban J connectivity index is 3.33. The van der Waals surface area contributed by atoms with Gasteiger partial charge in [-0.3, -0.25) is 4.79 Å². The van der Waals surface area contributed by atoms with Crippen molar-refractivity contribution in [2.75, 3.05) is 6.54 Å². The molecule has 0 radical (unpaired) electrons. The number of ketones is 1. The van der Waals surface area contributed by atoms with E-state index in [0.717, 1.165) is 4.72 Å². The van der Waals surface area contributed by atoms with Crippen molar-refractivity contribution in [2.24, 2.45) is 5.92 Å². The van der Waals surface area contributed by atoms with Gasteiger partial charge in [0.25, 0.3) is 0 Å². The summed E-state index contributed by atoms with van der Waals surface area (Å²) < 4.78 is 88.3. The molecule has 0 unspecified atom stereocenters. The maximum absolute atomic E-state index is 14.1. The summed E-state index contributed by atoms with van der Waals surface area (Å²) in [5, 5.41) is 0. The van der Waals surface area contributed by atoms with Crippen LogP contribution in [0.5, 0.6) is 0 Å². The fraction of sp³-hybridized carbons (Fsp3) is 0.417. The van der Waals surface area contributed by atoms with Gasteiger partial charge in [0.15, 0.2) is 11.6 Å². The Morgan fingerprint density at radius 3 is 2.23 bits per heavy atom. The maximum Gasteiger partial charge on any atom is 0.402 e. The summed E-state index contributed by atoms with van der Waals surface area (Å²) in [7, 11) is -4.89. The molecule has 1 N–H and O–H groups in total. The first kappa shape index (κ1) is 18.5. The van der Waals surface area contributed by atoms with Crippen LogP contribution >= 0.6 is 0 Å². The van der Waals surface area contributed by atoms with Gasteiger partial charge in [-0.2, -0.15) is 13.2 Å². The van der Waals surface area contributed by atoms with Crippen molar-refractivity contribution >= 4 is 15.8 Å². The zero-order valence-electron chi connectivity index (χ0n) is 11.5. The second kappa shape index (κ2) is 6.29. The van der Waals surface area contributed by atoms with Crippen LogP contribution in [-0.4, -0.2) is 26.9 Å². The van der Waals surface area contributed by atoms with E-state index >= 15 is 0 Å². The molecule has 1 aromatic rings. The molecule has 0 aromatic heterocycles. The third-order valence-electron chi connectivity index (χ3n) is 2.58. The second-order valence-corrected chi connectivity index (χ2v) is 6.43. The first-order chi connectivity index (χ1) is 9.87. The van der Waals surface area contributed by atoms with Crippen molar-refractivity contribution in [2.45, 2.75) is 24.9 Å². The minimum atomic E-state index is -4.89. The summed E-state index contributed by atoms with van der Waals surface area (Å²) in [4.78, 5) is 10.5. The zero-order chi connectivity index (χ0) is 17.3. The first-order valence-corrected chi connectivity index (χ1v) is 7.43. The molecule has 1 rings (SSSR count). The Hall–Kier alpha value is -1.55. The van der Waals surface area contributed by atoms with Gasteiger partial charge in [0.05, 0.1) is 5.56 Å². The molecule has 0 aliphatic carbocycles. The van der Waals surface area contributed by atoms with Gasteiger partial charge in [-0.05, 0) is 12.1 Å². The molecule has 1 aromatic carbocycles. The fourth-order valence-electron chi connectivity index (χ4n) is 1.51. The summed E-state index contributed by atoms with van der Waals surface area (Å²) >= 11 is 0. The smallest absolute Gasteiger partial charge is 0.294 e. The zero-order valence-corrected chi connectivity index (χ0v) is 12.3. The molecule has 0 saturated heterocycles. The molecule has 0 bridgehead atoms. The number of Topliss-reactive ketones (excluding diaryl/α,β-unsaturated/α-hetero) is 1. The van der Waals surface area contributed by atoms with Crippen molar-refractivity contribution in [1.29, 1.82) is 0 Å². The standard InChI is InChI=1S/C12H12F5NO3S/c1-6(2)11(19)9-7(13)3-4-8(10(9)14)22(20,21)18-5-12(15,16)17/h3-4,6,18H,5H2,1-2H3. The van der Waals surface area contributed by atoms with Gasteiger partial charge in [0.2, 0.25) is 10.0 Å². The van der Waals surface area contributed by atoms with Gasteiger partial charge in [-0.25, -0.2) is 21.9 Å². The molecule has 4 nitrogen and oxygen atoms in total. The number of rotatable bonds is 5. The van der Waals surface area contributed by atoms with Crippen molar-refractivity contribution in [3.63, 3.8) is 0 Å². The highest BCUT2D eigenvalue weighted by Gasteiger charge is 2.33. The number of benzene rings is 1. The SMILES string of the molecule is CC(C)C(=O)c1c(F)ccc(S(=O)(=O)NCC(F)(F)F)c1F. The normalized spacial score (nSPS) is 12.7. The van der Waals surface area contributed by atoms with Crippen LogP contribution in [0.4, 0.5) is 22.0 Å². The Morgan fingerprint density at radius 2 is 1.77 bits per heavy atom. The molecule has 0 atom stereocenters. The number of alkyl halides is 3. The Bertz CT molecular complexity index is 683. The highest BCUT2D eigenvalue weighted by Crippen LogP contribution is 2.24. The molecule has 0 amide bonds. The molecule has 0 saturated carbocycles.